The zero-order chi connectivity index (χ0) is 17.2. The average Bonchev–Trinajstić information content (AvgIpc) is 2.79. The van der Waals surface area contributed by atoms with Crippen LogP contribution in [0.5, 0.6) is 0 Å². The van der Waals surface area contributed by atoms with Crippen molar-refractivity contribution < 1.29 is 13.3 Å². The van der Waals surface area contributed by atoms with E-state index in [0.717, 1.165) is 0 Å². The van der Waals surface area contributed by atoms with E-state index in [-0.39, 0.29) is 23.2 Å². The molecule has 1 aromatic rings. The predicted molar refractivity (Wildman–Crippen MR) is 91.9 cm³/mol. The summed E-state index contributed by atoms with van der Waals surface area (Å²) in [6.45, 7) is 0. The molecule has 0 aromatic heterocycles. The summed E-state index contributed by atoms with van der Waals surface area (Å²) >= 11 is 5.37. The van der Waals surface area contributed by atoms with Gasteiger partial charge in [0.1, 0.15) is 0 Å². The molecule has 1 atom stereocenters. The number of hydrogen-bond donors (Lipinski definition) is 1. The van der Waals surface area contributed by atoms with Gasteiger partial charge in [-0.1, -0.05) is 0 Å². The molecule has 1 saturated heterocycles. The van der Waals surface area contributed by atoms with Crippen LogP contribution in [0.2, 0.25) is 0 Å². The lowest BCUT2D eigenvalue weighted by Crippen LogP contribution is -2.51. The second-order valence-corrected chi connectivity index (χ2v) is 8.10. The SMILES string of the molecule is CN(C)N(C(=S)Nc1ccc([N+](=O)[O-])cc1)[C@@H]1CCS(=O)(=O)C1. The molecule has 2 rings (SSSR count). The molecule has 1 aliphatic rings. The first-order valence-electron chi connectivity index (χ1n) is 6.92. The van der Waals surface area contributed by atoms with Crippen molar-refractivity contribution in [3.63, 3.8) is 0 Å². The molecule has 1 aromatic carbocycles. The summed E-state index contributed by atoms with van der Waals surface area (Å²) in [7, 11) is 0.547. The largest absolute Gasteiger partial charge is 0.332 e. The van der Waals surface area contributed by atoms with Crippen molar-refractivity contribution in [3.05, 3.63) is 34.4 Å². The molecule has 0 amide bonds. The standard InChI is InChI=1S/C13H18N4O4S2/c1-15(2)16(12-7-8-23(20,21)9-12)13(22)14-10-3-5-11(6-4-10)17(18)19/h3-6,12H,7-9H2,1-2H3,(H,14,22)/t12-/m1/s1. The minimum atomic E-state index is -3.03. The van der Waals surface area contributed by atoms with E-state index in [4.69, 9.17) is 12.2 Å². The zero-order valence-electron chi connectivity index (χ0n) is 12.8. The number of nitrogens with one attached hydrogen (secondary N) is 1. The second-order valence-electron chi connectivity index (χ2n) is 5.48. The Kier molecular flexibility index (Phi) is 5.17. The van der Waals surface area contributed by atoms with E-state index in [1.807, 2.05) is 0 Å². The molecule has 1 heterocycles. The molecule has 1 aliphatic heterocycles. The van der Waals surface area contributed by atoms with Gasteiger partial charge in [-0.15, -0.1) is 0 Å². The molecular weight excluding hydrogens is 340 g/mol. The molecule has 0 spiro atoms. The van der Waals surface area contributed by atoms with Crippen molar-refractivity contribution in [2.45, 2.75) is 12.5 Å². The fourth-order valence-corrected chi connectivity index (χ4v) is 4.61. The van der Waals surface area contributed by atoms with Gasteiger partial charge in [0.2, 0.25) is 0 Å². The van der Waals surface area contributed by atoms with Gasteiger partial charge >= 0.3 is 0 Å². The highest BCUT2D eigenvalue weighted by Crippen LogP contribution is 2.21. The van der Waals surface area contributed by atoms with Gasteiger partial charge in [-0.25, -0.2) is 13.4 Å². The van der Waals surface area contributed by atoms with Gasteiger partial charge in [0.05, 0.1) is 22.5 Å². The van der Waals surface area contributed by atoms with Crippen molar-refractivity contribution in [1.82, 2.24) is 10.0 Å². The Morgan fingerprint density at radius 3 is 2.39 bits per heavy atom. The van der Waals surface area contributed by atoms with Gasteiger partial charge in [0.25, 0.3) is 5.69 Å². The van der Waals surface area contributed by atoms with Crippen LogP contribution in [0.3, 0.4) is 0 Å². The number of nitro benzene ring substituents is 1. The van der Waals surface area contributed by atoms with Crippen LogP contribution < -0.4 is 5.32 Å². The molecule has 1 N–H and O–H groups in total. The lowest BCUT2D eigenvalue weighted by molar-refractivity contribution is -0.384. The van der Waals surface area contributed by atoms with Crippen molar-refractivity contribution in [2.75, 3.05) is 30.9 Å². The molecule has 0 aliphatic carbocycles. The second kappa shape index (κ2) is 6.77. The lowest BCUT2D eigenvalue weighted by Gasteiger charge is -2.35. The number of hydrazine groups is 1. The minimum absolute atomic E-state index is 0.00665. The van der Waals surface area contributed by atoms with Crippen molar-refractivity contribution in [2.24, 2.45) is 0 Å². The van der Waals surface area contributed by atoms with Crippen LogP contribution in [0.1, 0.15) is 6.42 Å². The summed E-state index contributed by atoms with van der Waals surface area (Å²) in [5.41, 5.74) is 0.598. The fourth-order valence-electron chi connectivity index (χ4n) is 2.49. The van der Waals surface area contributed by atoms with E-state index < -0.39 is 14.8 Å². The number of anilines is 1. The molecule has 0 radical (unpaired) electrons. The topological polar surface area (TPSA) is 95.8 Å². The Hall–Kier alpha value is -1.78. The number of nitrogens with zero attached hydrogens (tertiary/aromatic N) is 3. The Morgan fingerprint density at radius 2 is 1.96 bits per heavy atom. The maximum absolute atomic E-state index is 11.7. The van der Waals surface area contributed by atoms with Crippen LogP contribution in [0, 0.1) is 10.1 Å². The normalized spacial score (nSPS) is 19.5. The number of rotatable bonds is 4. The summed E-state index contributed by atoms with van der Waals surface area (Å²) in [5.74, 6) is 0.218. The number of hydrogen-bond acceptors (Lipinski definition) is 6. The van der Waals surface area contributed by atoms with Gasteiger partial charge in [-0.3, -0.25) is 15.1 Å². The van der Waals surface area contributed by atoms with Gasteiger partial charge in [0.15, 0.2) is 14.9 Å². The van der Waals surface area contributed by atoms with E-state index in [9.17, 15) is 18.5 Å². The summed E-state index contributed by atoms with van der Waals surface area (Å²) < 4.78 is 23.4. The van der Waals surface area contributed by atoms with Gasteiger partial charge in [-0.05, 0) is 30.8 Å². The Morgan fingerprint density at radius 1 is 1.35 bits per heavy atom. The van der Waals surface area contributed by atoms with Crippen LogP contribution in [0.25, 0.3) is 0 Å². The van der Waals surface area contributed by atoms with E-state index in [1.54, 1.807) is 36.2 Å². The average molecular weight is 358 g/mol. The highest BCUT2D eigenvalue weighted by Gasteiger charge is 2.34. The first-order valence-corrected chi connectivity index (χ1v) is 9.15. The quantitative estimate of drug-likeness (QED) is 0.488. The molecule has 0 unspecified atom stereocenters. The highest BCUT2D eigenvalue weighted by molar-refractivity contribution is 7.91. The smallest absolute Gasteiger partial charge is 0.269 e. The van der Waals surface area contributed by atoms with Gasteiger partial charge < -0.3 is 5.32 Å². The molecule has 0 saturated carbocycles. The third-order valence-corrected chi connectivity index (χ3v) is 5.56. The Balaban J connectivity index is 2.11. The van der Waals surface area contributed by atoms with Gasteiger partial charge in [0, 0.05) is 31.9 Å². The maximum atomic E-state index is 11.7. The highest BCUT2D eigenvalue weighted by atomic mass is 32.2. The van der Waals surface area contributed by atoms with E-state index in [2.05, 4.69) is 5.32 Å². The summed E-state index contributed by atoms with van der Waals surface area (Å²) in [5, 5.41) is 17.5. The fraction of sp³-hybridized carbons (Fsp3) is 0.462. The lowest BCUT2D eigenvalue weighted by atomic mass is 10.2. The summed E-state index contributed by atoms with van der Waals surface area (Å²) in [6, 6.07) is 5.66. The molecule has 23 heavy (non-hydrogen) atoms. The molecule has 0 bridgehead atoms. The summed E-state index contributed by atoms with van der Waals surface area (Å²) in [6.07, 6.45) is 0.516. The van der Waals surface area contributed by atoms with Crippen LogP contribution in [-0.4, -0.2) is 60.1 Å². The first-order chi connectivity index (χ1) is 10.7. The molecule has 8 nitrogen and oxygen atoms in total. The number of thiocarbonyl (C=S) groups is 1. The van der Waals surface area contributed by atoms with Crippen LogP contribution in [0.15, 0.2) is 24.3 Å². The monoisotopic (exact) mass is 358 g/mol. The van der Waals surface area contributed by atoms with Crippen molar-refractivity contribution in [1.29, 1.82) is 0 Å². The van der Waals surface area contributed by atoms with Crippen LogP contribution >= 0.6 is 12.2 Å². The third-order valence-electron chi connectivity index (χ3n) is 3.52. The number of sulfone groups is 1. The molecule has 1 fully saturated rings. The van der Waals surface area contributed by atoms with E-state index in [1.165, 1.54) is 12.1 Å². The zero-order valence-corrected chi connectivity index (χ0v) is 14.4. The summed E-state index contributed by atoms with van der Waals surface area (Å²) in [4.78, 5) is 10.2. The third kappa shape index (κ3) is 4.36. The predicted octanol–water partition coefficient (Wildman–Crippen LogP) is 1.26. The van der Waals surface area contributed by atoms with Crippen molar-refractivity contribution >= 4 is 38.5 Å². The van der Waals surface area contributed by atoms with Crippen molar-refractivity contribution in [3.8, 4) is 0 Å². The molecule has 126 valence electrons. The molecule has 10 heteroatoms. The first kappa shape index (κ1) is 17.6. The maximum Gasteiger partial charge on any atom is 0.269 e. The van der Waals surface area contributed by atoms with Gasteiger partial charge in [-0.2, -0.15) is 0 Å². The van der Waals surface area contributed by atoms with E-state index >= 15 is 0 Å². The number of benzene rings is 1. The van der Waals surface area contributed by atoms with Crippen LogP contribution in [0.4, 0.5) is 11.4 Å². The Bertz CT molecular complexity index is 703. The molecular formula is C13H18N4O4S2. The Labute approximate surface area is 140 Å². The minimum Gasteiger partial charge on any atom is -0.332 e. The van der Waals surface area contributed by atoms with E-state index in [0.29, 0.717) is 17.2 Å². The number of non-ortho nitro benzene ring substituents is 1. The van der Waals surface area contributed by atoms with Crippen LogP contribution in [-0.2, 0) is 9.84 Å². The number of nitro groups is 1.